The molecule has 0 fully saturated rings. The van der Waals surface area contributed by atoms with Crippen molar-refractivity contribution in [3.05, 3.63) is 29.6 Å². The molecular formula is C14H25N3S. The van der Waals surface area contributed by atoms with E-state index in [1.807, 2.05) is 17.8 Å². The van der Waals surface area contributed by atoms with Crippen LogP contribution in [-0.4, -0.2) is 27.8 Å². The third kappa shape index (κ3) is 3.89. The van der Waals surface area contributed by atoms with Crippen LogP contribution in [0.3, 0.4) is 0 Å². The molecule has 1 unspecified atom stereocenters. The lowest BCUT2D eigenvalue weighted by molar-refractivity contribution is 0.590. The maximum atomic E-state index is 4.57. The van der Waals surface area contributed by atoms with Crippen molar-refractivity contribution in [3.63, 3.8) is 0 Å². The van der Waals surface area contributed by atoms with Crippen LogP contribution in [0.5, 0.6) is 0 Å². The maximum absolute atomic E-state index is 4.57. The zero-order chi connectivity index (χ0) is 13.5. The lowest BCUT2D eigenvalue weighted by Crippen LogP contribution is -2.22. The van der Waals surface area contributed by atoms with Gasteiger partial charge < -0.3 is 5.32 Å². The fraction of sp³-hybridized carbons (Fsp3) is 0.643. The van der Waals surface area contributed by atoms with E-state index in [1.165, 1.54) is 11.3 Å². The largest absolute Gasteiger partial charge is 0.309 e. The molecule has 1 heterocycles. The Balaban J connectivity index is 2.53. The molecule has 4 heteroatoms. The van der Waals surface area contributed by atoms with Crippen LogP contribution in [0.4, 0.5) is 0 Å². The Bertz CT molecular complexity index is 385. The normalized spacial score (nSPS) is 12.7. The molecule has 1 rings (SSSR count). The molecule has 102 valence electrons. The van der Waals surface area contributed by atoms with Gasteiger partial charge in [-0.25, -0.2) is 0 Å². The molecule has 0 aliphatic rings. The van der Waals surface area contributed by atoms with Crippen molar-refractivity contribution in [2.45, 2.75) is 40.3 Å². The Kier molecular flexibility index (Phi) is 6.50. The van der Waals surface area contributed by atoms with E-state index in [4.69, 9.17) is 0 Å². The van der Waals surface area contributed by atoms with E-state index in [-0.39, 0.29) is 0 Å². The standard InChI is InChI=1S/C14H25N3S/c1-6-9-18-10-8-15-11(3)14-12(4)16-17(7-2)13(14)5/h6,11,15H,1,7-10H2,2-5H3. The molecule has 0 aliphatic heterocycles. The predicted molar refractivity (Wildman–Crippen MR) is 81.3 cm³/mol. The van der Waals surface area contributed by atoms with Crippen LogP contribution in [0, 0.1) is 13.8 Å². The van der Waals surface area contributed by atoms with E-state index >= 15 is 0 Å². The highest BCUT2D eigenvalue weighted by Gasteiger charge is 2.16. The van der Waals surface area contributed by atoms with E-state index < -0.39 is 0 Å². The SMILES string of the molecule is C=CCSCCNC(C)c1c(C)nn(CC)c1C. The molecule has 0 aliphatic carbocycles. The first-order chi connectivity index (χ1) is 8.61. The first-order valence-electron chi connectivity index (χ1n) is 6.57. The van der Waals surface area contributed by atoms with E-state index in [0.717, 1.165) is 30.3 Å². The molecule has 1 aromatic heterocycles. The summed E-state index contributed by atoms with van der Waals surface area (Å²) < 4.78 is 2.08. The number of nitrogens with one attached hydrogen (secondary N) is 1. The summed E-state index contributed by atoms with van der Waals surface area (Å²) in [6.45, 7) is 14.3. The van der Waals surface area contributed by atoms with Crippen molar-refractivity contribution in [2.75, 3.05) is 18.1 Å². The second-order valence-electron chi connectivity index (χ2n) is 4.44. The quantitative estimate of drug-likeness (QED) is 0.580. The average molecular weight is 267 g/mol. The number of nitrogens with zero attached hydrogens (tertiary/aromatic N) is 2. The molecule has 0 saturated heterocycles. The number of hydrogen-bond donors (Lipinski definition) is 1. The van der Waals surface area contributed by atoms with E-state index in [9.17, 15) is 0 Å². The molecule has 0 amide bonds. The summed E-state index contributed by atoms with van der Waals surface area (Å²) in [5.41, 5.74) is 3.78. The van der Waals surface area contributed by atoms with E-state index in [2.05, 4.69) is 49.4 Å². The molecule has 3 nitrogen and oxygen atoms in total. The summed E-state index contributed by atoms with van der Waals surface area (Å²) in [5, 5.41) is 8.13. The summed E-state index contributed by atoms with van der Waals surface area (Å²) >= 11 is 1.91. The van der Waals surface area contributed by atoms with Crippen molar-refractivity contribution < 1.29 is 0 Å². The van der Waals surface area contributed by atoms with Crippen LogP contribution in [0.15, 0.2) is 12.7 Å². The number of rotatable bonds is 8. The van der Waals surface area contributed by atoms with Gasteiger partial charge in [-0.05, 0) is 27.7 Å². The molecular weight excluding hydrogens is 242 g/mol. The number of aromatic nitrogens is 2. The van der Waals surface area contributed by atoms with Gasteiger partial charge >= 0.3 is 0 Å². The second kappa shape index (κ2) is 7.64. The predicted octanol–water partition coefficient (Wildman–Crippen LogP) is 3.09. The smallest absolute Gasteiger partial charge is 0.0644 e. The highest BCUT2D eigenvalue weighted by molar-refractivity contribution is 7.99. The molecule has 0 aromatic carbocycles. The van der Waals surface area contributed by atoms with Crippen LogP contribution >= 0.6 is 11.8 Å². The first-order valence-corrected chi connectivity index (χ1v) is 7.73. The van der Waals surface area contributed by atoms with Gasteiger partial charge in [0.15, 0.2) is 0 Å². The Morgan fingerprint density at radius 2 is 2.22 bits per heavy atom. The van der Waals surface area contributed by atoms with Crippen LogP contribution in [0.2, 0.25) is 0 Å². The average Bonchev–Trinajstić information content (AvgIpc) is 2.63. The van der Waals surface area contributed by atoms with Gasteiger partial charge in [-0.1, -0.05) is 6.08 Å². The Hall–Kier alpha value is -0.740. The van der Waals surface area contributed by atoms with Crippen LogP contribution in [0.25, 0.3) is 0 Å². The summed E-state index contributed by atoms with van der Waals surface area (Å²) in [6.07, 6.45) is 1.95. The minimum atomic E-state index is 0.370. The Labute approximate surface area is 115 Å². The summed E-state index contributed by atoms with van der Waals surface area (Å²) in [6, 6.07) is 0.370. The Morgan fingerprint density at radius 3 is 2.78 bits per heavy atom. The van der Waals surface area contributed by atoms with Gasteiger partial charge in [-0.15, -0.1) is 6.58 Å². The second-order valence-corrected chi connectivity index (χ2v) is 5.59. The summed E-state index contributed by atoms with van der Waals surface area (Å²) in [7, 11) is 0. The van der Waals surface area contributed by atoms with E-state index in [1.54, 1.807) is 0 Å². The number of hydrogen-bond acceptors (Lipinski definition) is 3. The van der Waals surface area contributed by atoms with Crippen LogP contribution < -0.4 is 5.32 Å². The van der Waals surface area contributed by atoms with Gasteiger partial charge in [0.25, 0.3) is 0 Å². The highest BCUT2D eigenvalue weighted by atomic mass is 32.2. The van der Waals surface area contributed by atoms with Crippen molar-refractivity contribution in [2.24, 2.45) is 0 Å². The maximum Gasteiger partial charge on any atom is 0.0644 e. The van der Waals surface area contributed by atoms with Crippen LogP contribution in [-0.2, 0) is 6.54 Å². The monoisotopic (exact) mass is 267 g/mol. The summed E-state index contributed by atoms with van der Waals surface area (Å²) in [4.78, 5) is 0. The fourth-order valence-electron chi connectivity index (χ4n) is 2.26. The minimum absolute atomic E-state index is 0.370. The highest BCUT2D eigenvalue weighted by Crippen LogP contribution is 2.21. The molecule has 0 saturated carbocycles. The van der Waals surface area contributed by atoms with Gasteiger partial charge in [-0.3, -0.25) is 4.68 Å². The minimum Gasteiger partial charge on any atom is -0.309 e. The van der Waals surface area contributed by atoms with Gasteiger partial charge in [0.05, 0.1) is 5.69 Å². The van der Waals surface area contributed by atoms with Crippen molar-refractivity contribution in [1.29, 1.82) is 0 Å². The number of thioether (sulfide) groups is 1. The summed E-state index contributed by atoms with van der Waals surface area (Å²) in [5.74, 6) is 2.15. The molecule has 1 aromatic rings. The topological polar surface area (TPSA) is 29.9 Å². The lowest BCUT2D eigenvalue weighted by Gasteiger charge is -2.14. The molecule has 0 radical (unpaired) electrons. The van der Waals surface area contributed by atoms with Gasteiger partial charge in [0, 0.05) is 41.9 Å². The number of aryl methyl sites for hydroxylation is 2. The van der Waals surface area contributed by atoms with Crippen molar-refractivity contribution in [3.8, 4) is 0 Å². The molecule has 1 atom stereocenters. The van der Waals surface area contributed by atoms with Crippen molar-refractivity contribution >= 4 is 11.8 Å². The third-order valence-electron chi connectivity index (χ3n) is 3.10. The molecule has 0 bridgehead atoms. The van der Waals surface area contributed by atoms with Gasteiger partial charge in [0.1, 0.15) is 0 Å². The Morgan fingerprint density at radius 1 is 1.50 bits per heavy atom. The fourth-order valence-corrected chi connectivity index (χ4v) is 2.86. The lowest BCUT2D eigenvalue weighted by atomic mass is 10.1. The third-order valence-corrected chi connectivity index (χ3v) is 4.07. The molecule has 1 N–H and O–H groups in total. The van der Waals surface area contributed by atoms with Crippen LogP contribution in [0.1, 0.15) is 36.8 Å². The first kappa shape index (κ1) is 15.3. The van der Waals surface area contributed by atoms with Gasteiger partial charge in [-0.2, -0.15) is 16.9 Å². The van der Waals surface area contributed by atoms with Gasteiger partial charge in [0.2, 0.25) is 0 Å². The van der Waals surface area contributed by atoms with Crippen molar-refractivity contribution in [1.82, 2.24) is 15.1 Å². The molecule has 18 heavy (non-hydrogen) atoms. The molecule has 0 spiro atoms. The zero-order valence-electron chi connectivity index (χ0n) is 12.0. The van der Waals surface area contributed by atoms with E-state index in [0.29, 0.717) is 6.04 Å². The zero-order valence-corrected chi connectivity index (χ0v) is 12.8.